The summed E-state index contributed by atoms with van der Waals surface area (Å²) in [5.74, 6) is -1.25. The molecule has 3 aromatic rings. The van der Waals surface area contributed by atoms with Gasteiger partial charge in [0.2, 0.25) is 0 Å². The van der Waals surface area contributed by atoms with E-state index in [1.165, 1.54) is 11.3 Å². The van der Waals surface area contributed by atoms with Crippen LogP contribution in [0.1, 0.15) is 62.8 Å². The molecule has 0 fully saturated rings. The smallest absolute Gasteiger partial charge is 0.355 e. The number of hydrogen-bond donors (Lipinski definition) is 1. The summed E-state index contributed by atoms with van der Waals surface area (Å²) in [6.45, 7) is 4.64. The van der Waals surface area contributed by atoms with Crippen LogP contribution >= 0.6 is 11.6 Å². The molecular weight excluding hydrogens is 474 g/mol. The quantitative estimate of drug-likeness (QED) is 0.477. The van der Waals surface area contributed by atoms with Crippen molar-refractivity contribution >= 4 is 35.2 Å². The zero-order chi connectivity index (χ0) is 25.1. The summed E-state index contributed by atoms with van der Waals surface area (Å²) in [6.07, 6.45) is 1.95. The Morgan fingerprint density at radius 2 is 1.89 bits per heavy atom. The second-order valence-electron chi connectivity index (χ2n) is 7.95. The molecule has 1 amide bonds. The van der Waals surface area contributed by atoms with Gasteiger partial charge in [0.15, 0.2) is 6.61 Å². The molecule has 1 aliphatic heterocycles. The van der Waals surface area contributed by atoms with Crippen molar-refractivity contribution in [3.8, 4) is 0 Å². The molecule has 4 rings (SSSR count). The van der Waals surface area contributed by atoms with Gasteiger partial charge in [-0.1, -0.05) is 23.7 Å². The Labute approximate surface area is 206 Å². The van der Waals surface area contributed by atoms with Crippen molar-refractivity contribution in [2.45, 2.75) is 33.2 Å². The lowest BCUT2D eigenvalue weighted by molar-refractivity contribution is -0.136. The van der Waals surface area contributed by atoms with Gasteiger partial charge in [0.05, 0.1) is 24.1 Å². The average Bonchev–Trinajstić information content (AvgIpc) is 3.57. The molecule has 1 aromatic carbocycles. The summed E-state index contributed by atoms with van der Waals surface area (Å²) >= 11 is 5.99. The van der Waals surface area contributed by atoms with Gasteiger partial charge in [0, 0.05) is 17.1 Å². The Morgan fingerprint density at radius 3 is 2.54 bits per heavy atom. The van der Waals surface area contributed by atoms with Crippen molar-refractivity contribution in [2.75, 3.05) is 13.2 Å². The highest BCUT2D eigenvalue weighted by molar-refractivity contribution is 6.30. The Balaban J connectivity index is 1.50. The number of aromatic nitrogens is 1. The molecule has 9 nitrogen and oxygen atoms in total. The minimum Gasteiger partial charge on any atom is -0.467 e. The molecule has 0 saturated heterocycles. The number of aromatic amines is 1. The molecule has 182 valence electrons. The Morgan fingerprint density at radius 1 is 1.14 bits per heavy atom. The molecule has 0 aliphatic carbocycles. The fraction of sp³-hybridized carbons (Fsp3) is 0.280. The van der Waals surface area contributed by atoms with Gasteiger partial charge in [0.25, 0.3) is 5.91 Å². The third-order valence-electron chi connectivity index (χ3n) is 5.66. The first-order chi connectivity index (χ1) is 16.8. The molecule has 2 aromatic heterocycles. The topological polar surface area (TPSA) is 114 Å². The minimum absolute atomic E-state index is 0.0905. The number of esters is 2. The van der Waals surface area contributed by atoms with Crippen molar-refractivity contribution in [2.24, 2.45) is 5.10 Å². The van der Waals surface area contributed by atoms with Crippen LogP contribution in [0.5, 0.6) is 0 Å². The molecule has 0 unspecified atom stereocenters. The van der Waals surface area contributed by atoms with Crippen molar-refractivity contribution in [1.82, 2.24) is 9.99 Å². The van der Waals surface area contributed by atoms with E-state index in [0.29, 0.717) is 34.2 Å². The highest BCUT2D eigenvalue weighted by Crippen LogP contribution is 2.33. The van der Waals surface area contributed by atoms with E-state index in [1.54, 1.807) is 45.0 Å². The number of rotatable bonds is 7. The first-order valence-corrected chi connectivity index (χ1v) is 11.4. The molecule has 10 heteroatoms. The van der Waals surface area contributed by atoms with Gasteiger partial charge in [0.1, 0.15) is 17.5 Å². The van der Waals surface area contributed by atoms with Gasteiger partial charge in [-0.2, -0.15) is 5.10 Å². The molecule has 1 N–H and O–H groups in total. The lowest BCUT2D eigenvalue weighted by atomic mass is 10.0. The molecule has 3 heterocycles. The summed E-state index contributed by atoms with van der Waals surface area (Å²) in [7, 11) is 0. The van der Waals surface area contributed by atoms with Crippen LogP contribution < -0.4 is 0 Å². The Kier molecular flexibility index (Phi) is 7.07. The molecule has 35 heavy (non-hydrogen) atoms. The Bertz CT molecular complexity index is 1280. The maximum absolute atomic E-state index is 13.1. The number of aryl methyl sites for hydroxylation is 1. The van der Waals surface area contributed by atoms with Gasteiger partial charge in [-0.3, -0.25) is 4.79 Å². The molecule has 0 radical (unpaired) electrons. The molecular formula is C25H24ClN3O6. The van der Waals surface area contributed by atoms with Crippen LogP contribution in [0.15, 0.2) is 52.2 Å². The zero-order valence-corrected chi connectivity index (χ0v) is 20.2. The number of ether oxygens (including phenoxy) is 2. The monoisotopic (exact) mass is 497 g/mol. The van der Waals surface area contributed by atoms with Gasteiger partial charge in [-0.25, -0.2) is 14.6 Å². The van der Waals surface area contributed by atoms with Crippen LogP contribution in [0.3, 0.4) is 0 Å². The van der Waals surface area contributed by atoms with Crippen LogP contribution in [0, 0.1) is 13.8 Å². The first kappa shape index (κ1) is 24.3. The fourth-order valence-electron chi connectivity index (χ4n) is 3.99. The van der Waals surface area contributed by atoms with Crippen LogP contribution in [0.2, 0.25) is 5.02 Å². The number of hydrogen-bond acceptors (Lipinski definition) is 7. The lowest BCUT2D eigenvalue weighted by Crippen LogP contribution is -2.31. The van der Waals surface area contributed by atoms with Crippen molar-refractivity contribution in [3.63, 3.8) is 0 Å². The van der Waals surface area contributed by atoms with E-state index in [2.05, 4.69) is 10.1 Å². The molecule has 0 saturated carbocycles. The van der Waals surface area contributed by atoms with Gasteiger partial charge < -0.3 is 18.9 Å². The van der Waals surface area contributed by atoms with E-state index in [-0.39, 0.29) is 17.9 Å². The summed E-state index contributed by atoms with van der Waals surface area (Å²) in [6, 6.07) is 10.2. The van der Waals surface area contributed by atoms with Crippen LogP contribution in [-0.2, 0) is 14.3 Å². The predicted molar refractivity (Wildman–Crippen MR) is 127 cm³/mol. The van der Waals surface area contributed by atoms with E-state index < -0.39 is 30.5 Å². The average molecular weight is 498 g/mol. The number of halogens is 1. The normalized spacial score (nSPS) is 15.1. The van der Waals surface area contributed by atoms with Gasteiger partial charge >= 0.3 is 11.9 Å². The SMILES string of the molecule is CCOC(=O)c1c(C)[nH]c(C(=O)OCC(=O)N2N=C(c3ccc(Cl)cc3)C[C@H]2c2ccco2)c1C. The number of carbonyl (C=O) groups is 3. The number of benzene rings is 1. The zero-order valence-electron chi connectivity index (χ0n) is 19.5. The second-order valence-corrected chi connectivity index (χ2v) is 8.39. The number of nitrogens with one attached hydrogen (secondary N) is 1. The highest BCUT2D eigenvalue weighted by atomic mass is 35.5. The third kappa shape index (κ3) is 5.00. The molecule has 0 spiro atoms. The maximum Gasteiger partial charge on any atom is 0.355 e. The predicted octanol–water partition coefficient (Wildman–Crippen LogP) is 4.59. The minimum atomic E-state index is -0.759. The molecule has 0 bridgehead atoms. The van der Waals surface area contributed by atoms with Gasteiger partial charge in [-0.15, -0.1) is 0 Å². The summed E-state index contributed by atoms with van der Waals surface area (Å²) in [4.78, 5) is 40.8. The van der Waals surface area contributed by atoms with Crippen molar-refractivity contribution in [3.05, 3.63) is 81.5 Å². The van der Waals surface area contributed by atoms with E-state index in [0.717, 1.165) is 5.56 Å². The summed E-state index contributed by atoms with van der Waals surface area (Å²) in [5, 5.41) is 6.36. The number of nitrogens with zero attached hydrogens (tertiary/aromatic N) is 2. The fourth-order valence-corrected chi connectivity index (χ4v) is 4.11. The number of H-pyrrole nitrogens is 1. The largest absolute Gasteiger partial charge is 0.467 e. The van der Waals surface area contributed by atoms with E-state index in [1.807, 2.05) is 12.1 Å². The number of hydrazone groups is 1. The van der Waals surface area contributed by atoms with E-state index >= 15 is 0 Å². The molecule has 1 atom stereocenters. The summed E-state index contributed by atoms with van der Waals surface area (Å²) in [5.41, 5.74) is 2.75. The standard InChI is InChI=1S/C25H24ClN3O6/c1-4-33-24(31)22-14(2)23(27-15(22)3)25(32)35-13-21(30)29-19(20-6-5-11-34-20)12-18(28-29)16-7-9-17(26)10-8-16/h5-11,19,27H,4,12-13H2,1-3H3/t19-/m0/s1. The van der Waals surface area contributed by atoms with Gasteiger partial charge in [-0.05, 0) is 56.2 Å². The van der Waals surface area contributed by atoms with Crippen LogP contribution in [0.25, 0.3) is 0 Å². The van der Waals surface area contributed by atoms with E-state index in [4.69, 9.17) is 25.5 Å². The lowest BCUT2D eigenvalue weighted by Gasteiger charge is -2.19. The Hall–Kier alpha value is -3.85. The van der Waals surface area contributed by atoms with Crippen LogP contribution in [0.4, 0.5) is 0 Å². The highest BCUT2D eigenvalue weighted by Gasteiger charge is 2.35. The number of carbonyl (C=O) groups excluding carboxylic acids is 3. The summed E-state index contributed by atoms with van der Waals surface area (Å²) < 4.78 is 15.9. The van der Waals surface area contributed by atoms with Crippen molar-refractivity contribution < 1.29 is 28.3 Å². The third-order valence-corrected chi connectivity index (χ3v) is 5.91. The molecule has 1 aliphatic rings. The van der Waals surface area contributed by atoms with Crippen LogP contribution in [-0.4, -0.2) is 46.8 Å². The second kappa shape index (κ2) is 10.2. The maximum atomic E-state index is 13.1. The number of furan rings is 1. The van der Waals surface area contributed by atoms with E-state index in [9.17, 15) is 14.4 Å². The number of amides is 1. The first-order valence-electron chi connectivity index (χ1n) is 11.0. The van der Waals surface area contributed by atoms with Crippen molar-refractivity contribution in [1.29, 1.82) is 0 Å².